The molecule has 19 nitrogen and oxygen atoms in total. The van der Waals surface area contributed by atoms with Gasteiger partial charge < -0.3 is 64.5 Å². The van der Waals surface area contributed by atoms with Crippen molar-refractivity contribution < 1.29 is 116 Å². The van der Waals surface area contributed by atoms with Gasteiger partial charge in [0.05, 0.1) is 0 Å². The summed E-state index contributed by atoms with van der Waals surface area (Å²) >= 11 is 0. The van der Waals surface area contributed by atoms with Crippen LogP contribution in [0.5, 0.6) is 0 Å². The van der Waals surface area contributed by atoms with Gasteiger partial charge in [0.25, 0.3) is 0 Å². The van der Waals surface area contributed by atoms with Crippen LogP contribution in [-0.2, 0) is 27.4 Å². The minimum atomic E-state index is -4.95. The Morgan fingerprint density at radius 2 is 0.621 bits per heavy atom. The third kappa shape index (κ3) is 34.7. The molecule has 0 aromatic carbocycles. The standard InChI is InChI=1S/CH6NO6P2.2CH6O6P2.Na/c2-1(9(3,4)5)10(6,7)8;2*2-8(3,4)1-9(5,6)7;/h2H2,(H2,3,4,5)(H2,6,7,8);2*1H2,(H2,2,3,4)(H2,5,6,7);/q-1;;;+1. The summed E-state index contributed by atoms with van der Waals surface area (Å²) in [5.74, 6) is -2.75. The molecular weight excluding hydrogens is 547 g/mol. The Morgan fingerprint density at radius 1 is 0.483 bits per heavy atom. The molecule has 0 aromatic heterocycles. The largest absolute Gasteiger partial charge is 1.00 e. The first-order valence-corrected chi connectivity index (χ1v) is 15.9. The number of hydrogen-bond donors (Lipinski definition) is 13. The molecular formula is C3H18NNaO18P6. The van der Waals surface area contributed by atoms with Gasteiger partial charge >= 0.3 is 59.9 Å². The molecule has 0 amide bonds. The molecule has 0 radical (unpaired) electrons. The molecule has 0 spiro atoms. The summed E-state index contributed by atoms with van der Waals surface area (Å²) in [6.07, 6.45) is 0. The molecule has 0 fully saturated rings. The Labute approximate surface area is 184 Å². The first-order chi connectivity index (χ1) is 11.6. The van der Waals surface area contributed by atoms with E-state index < -0.39 is 62.9 Å². The Hall–Kier alpha value is 1.86. The molecule has 14 N–H and O–H groups in total. The maximum Gasteiger partial charge on any atom is 1.00 e. The number of rotatable bonds is 6. The fourth-order valence-electron chi connectivity index (χ4n) is 0.650. The van der Waals surface area contributed by atoms with E-state index in [9.17, 15) is 27.4 Å². The van der Waals surface area contributed by atoms with Crippen molar-refractivity contribution in [2.75, 3.05) is 11.8 Å². The van der Waals surface area contributed by atoms with E-state index in [1.54, 1.807) is 0 Å². The first kappa shape index (κ1) is 38.1. The van der Waals surface area contributed by atoms with Crippen LogP contribution in [0.25, 0.3) is 0 Å². The first-order valence-electron chi connectivity index (χ1n) is 5.50. The molecule has 0 atom stereocenters. The maximum absolute atomic E-state index is 10.0. The van der Waals surface area contributed by atoms with Crippen LogP contribution in [0.3, 0.4) is 0 Å². The van der Waals surface area contributed by atoms with Crippen LogP contribution >= 0.6 is 45.6 Å². The average Bonchev–Trinajstić information content (AvgIpc) is 2.15. The fourth-order valence-corrected chi connectivity index (χ4v) is 5.85. The van der Waals surface area contributed by atoms with E-state index in [2.05, 4.69) is 5.73 Å². The Morgan fingerprint density at radius 3 is 0.621 bits per heavy atom. The van der Waals surface area contributed by atoms with Crippen LogP contribution in [0.2, 0.25) is 0 Å². The van der Waals surface area contributed by atoms with Crippen molar-refractivity contribution in [3.8, 4) is 0 Å². The number of hydrogen-bond acceptors (Lipinski definition) is 7. The summed E-state index contributed by atoms with van der Waals surface area (Å²) in [4.78, 5) is 96.1. The summed E-state index contributed by atoms with van der Waals surface area (Å²) in [5.41, 5.74) is 2.82. The Bertz CT molecular complexity index is 652. The van der Waals surface area contributed by atoms with E-state index in [4.69, 9.17) is 58.7 Å². The minimum absolute atomic E-state index is 0. The van der Waals surface area contributed by atoms with Gasteiger partial charge in [0, 0.05) is 0 Å². The Kier molecular flexibility index (Phi) is 17.8. The van der Waals surface area contributed by atoms with Crippen LogP contribution in [0, 0.1) is 5.52 Å². The maximum atomic E-state index is 10.0. The topological polar surface area (TPSA) is 371 Å². The smallest absolute Gasteiger partial charge is 0.458 e. The number of nitrogens with two attached hydrogens (primary N) is 1. The van der Waals surface area contributed by atoms with E-state index in [1.807, 2.05) is 0 Å². The van der Waals surface area contributed by atoms with Crippen molar-refractivity contribution in [3.63, 3.8) is 0 Å². The van der Waals surface area contributed by atoms with E-state index in [0.717, 1.165) is 0 Å². The van der Waals surface area contributed by atoms with Gasteiger partial charge in [-0.1, -0.05) is 0 Å². The summed E-state index contributed by atoms with van der Waals surface area (Å²) < 4.78 is 59.4. The molecule has 0 aromatic rings. The van der Waals surface area contributed by atoms with Crippen molar-refractivity contribution in [2.24, 2.45) is 5.73 Å². The second-order valence-electron chi connectivity index (χ2n) is 4.39. The predicted octanol–water partition coefficient (Wildman–Crippen LogP) is -5.65. The zero-order valence-electron chi connectivity index (χ0n) is 14.0. The summed E-state index contributed by atoms with van der Waals surface area (Å²) in [6.45, 7) is 0. The van der Waals surface area contributed by atoms with Gasteiger partial charge in [-0.25, -0.2) is 0 Å². The van der Waals surface area contributed by atoms with Gasteiger partial charge in [-0.05, 0) is 5.52 Å². The summed E-state index contributed by atoms with van der Waals surface area (Å²) in [6, 6.07) is 0. The zero-order chi connectivity index (χ0) is 24.0. The van der Waals surface area contributed by atoms with Gasteiger partial charge in [0.1, 0.15) is 0 Å². The monoisotopic (exact) mass is 565 g/mol. The molecule has 29 heavy (non-hydrogen) atoms. The van der Waals surface area contributed by atoms with Crippen LogP contribution in [0.1, 0.15) is 0 Å². The van der Waals surface area contributed by atoms with Crippen LogP contribution in [0.4, 0.5) is 0 Å². The molecule has 0 saturated carbocycles. The third-order valence-corrected chi connectivity index (χ3v) is 9.99. The van der Waals surface area contributed by atoms with E-state index in [-0.39, 0.29) is 29.6 Å². The SMILES string of the molecule is N[C-](P(=O)(O)O)P(=O)(O)O.O=P(O)(O)CP(=O)(O)O.O=P(O)(O)CP(=O)(O)O.[Na+]. The van der Waals surface area contributed by atoms with Crippen molar-refractivity contribution in [1.82, 2.24) is 0 Å². The van der Waals surface area contributed by atoms with E-state index >= 15 is 0 Å². The molecule has 0 aliphatic carbocycles. The van der Waals surface area contributed by atoms with Crippen molar-refractivity contribution >= 4 is 45.6 Å². The van der Waals surface area contributed by atoms with E-state index in [1.165, 1.54) is 0 Å². The molecule has 0 unspecified atom stereocenters. The molecule has 0 rings (SSSR count). The van der Waals surface area contributed by atoms with Gasteiger partial charge in [-0.3, -0.25) is 27.4 Å². The van der Waals surface area contributed by atoms with Crippen LogP contribution < -0.4 is 35.3 Å². The van der Waals surface area contributed by atoms with Crippen molar-refractivity contribution in [1.29, 1.82) is 0 Å². The third-order valence-electron chi connectivity index (χ3n) is 1.33. The summed E-state index contributed by atoms with van der Waals surface area (Å²) in [5, 5.41) is 0. The Balaban J connectivity index is -0.000000159. The molecule has 0 aliphatic heterocycles. The zero-order valence-corrected chi connectivity index (χ0v) is 21.4. The summed E-state index contributed by atoms with van der Waals surface area (Å²) in [7, 11) is -28.1. The molecule has 0 heterocycles. The van der Waals surface area contributed by atoms with Gasteiger partial charge in [0.15, 0.2) is 11.8 Å². The molecule has 0 aliphatic rings. The second kappa shape index (κ2) is 13.5. The molecule has 0 saturated heterocycles. The normalized spacial score (nSPS) is 13.4. The molecule has 0 bridgehead atoms. The van der Waals surface area contributed by atoms with Gasteiger partial charge in [0.2, 0.25) is 15.2 Å². The molecule has 174 valence electrons. The van der Waals surface area contributed by atoms with Crippen LogP contribution in [-0.4, -0.2) is 70.5 Å². The van der Waals surface area contributed by atoms with Crippen LogP contribution in [0.15, 0.2) is 0 Å². The van der Waals surface area contributed by atoms with Crippen molar-refractivity contribution in [3.05, 3.63) is 5.52 Å². The quantitative estimate of drug-likeness (QED) is 0.0810. The average molecular weight is 565 g/mol. The predicted molar refractivity (Wildman–Crippen MR) is 89.4 cm³/mol. The molecule has 26 heteroatoms. The van der Waals surface area contributed by atoms with E-state index in [0.29, 0.717) is 0 Å². The van der Waals surface area contributed by atoms with Crippen molar-refractivity contribution in [2.45, 2.75) is 0 Å². The second-order valence-corrected chi connectivity index (χ2v) is 15.5. The van der Waals surface area contributed by atoms with Gasteiger partial charge in [-0.15, -0.1) is 0 Å². The fraction of sp³-hybridized carbons (Fsp3) is 0.667. The van der Waals surface area contributed by atoms with Gasteiger partial charge in [-0.2, -0.15) is 0 Å². The minimum Gasteiger partial charge on any atom is -0.458 e.